The van der Waals surface area contributed by atoms with E-state index in [2.05, 4.69) is 0 Å². The van der Waals surface area contributed by atoms with Gasteiger partial charge in [0.1, 0.15) is 5.78 Å². The lowest BCUT2D eigenvalue weighted by Crippen LogP contribution is -2.15. The maximum atomic E-state index is 12.4. The summed E-state index contributed by atoms with van der Waals surface area (Å²) in [6, 6.07) is 4.73. The lowest BCUT2D eigenvalue weighted by Gasteiger charge is -2.10. The molecule has 19 heavy (non-hydrogen) atoms. The van der Waals surface area contributed by atoms with E-state index in [0.29, 0.717) is 12.1 Å². The van der Waals surface area contributed by atoms with Gasteiger partial charge in [0, 0.05) is 12.3 Å². The summed E-state index contributed by atoms with van der Waals surface area (Å²) in [5.74, 6) is -0.0703. The summed E-state index contributed by atoms with van der Waals surface area (Å²) in [6.07, 6.45) is -2.67. The van der Waals surface area contributed by atoms with Crippen molar-refractivity contribution in [3.05, 3.63) is 35.4 Å². The molecule has 106 valence electrons. The van der Waals surface area contributed by atoms with Crippen molar-refractivity contribution in [3.8, 4) is 0 Å². The van der Waals surface area contributed by atoms with Crippen molar-refractivity contribution < 1.29 is 18.0 Å². The average Bonchev–Trinajstić information content (AvgIpc) is 2.35. The van der Waals surface area contributed by atoms with Crippen LogP contribution < -0.4 is 5.73 Å². The maximum absolute atomic E-state index is 12.4. The van der Waals surface area contributed by atoms with Crippen molar-refractivity contribution >= 4 is 5.78 Å². The fourth-order valence-corrected chi connectivity index (χ4v) is 1.77. The van der Waals surface area contributed by atoms with Crippen molar-refractivity contribution in [2.45, 2.75) is 32.4 Å². The Labute approximate surface area is 110 Å². The number of hydrogen-bond donors (Lipinski definition) is 1. The number of Topliss-reactive ketones (excluding diaryl/α,β-unsaturated/α-hetero) is 1. The third kappa shape index (κ3) is 5.03. The number of nitrogens with two attached hydrogens (primary N) is 1. The molecule has 1 rings (SSSR count). The predicted molar refractivity (Wildman–Crippen MR) is 67.6 cm³/mol. The summed E-state index contributed by atoms with van der Waals surface area (Å²) >= 11 is 0. The first-order valence-electron chi connectivity index (χ1n) is 6.23. The highest BCUT2D eigenvalue weighted by molar-refractivity contribution is 5.82. The third-order valence-corrected chi connectivity index (χ3v) is 3.05. The van der Waals surface area contributed by atoms with Gasteiger partial charge in [-0.15, -0.1) is 0 Å². The largest absolute Gasteiger partial charge is 0.416 e. The Morgan fingerprint density at radius 3 is 2.32 bits per heavy atom. The van der Waals surface area contributed by atoms with Crippen molar-refractivity contribution in [3.63, 3.8) is 0 Å². The normalized spacial score (nSPS) is 13.3. The second-order valence-corrected chi connectivity index (χ2v) is 4.67. The molecule has 1 aromatic carbocycles. The zero-order valence-electron chi connectivity index (χ0n) is 10.8. The molecule has 0 saturated heterocycles. The highest BCUT2D eigenvalue weighted by Crippen LogP contribution is 2.29. The smallest absolute Gasteiger partial charge is 0.330 e. The lowest BCUT2D eigenvalue weighted by atomic mass is 9.95. The number of rotatable bonds is 6. The molecule has 2 nitrogen and oxygen atoms in total. The minimum Gasteiger partial charge on any atom is -0.330 e. The minimum atomic E-state index is -4.34. The topological polar surface area (TPSA) is 43.1 Å². The van der Waals surface area contributed by atoms with Crippen LogP contribution in [0.25, 0.3) is 0 Å². The van der Waals surface area contributed by atoms with Crippen LogP contribution in [0.2, 0.25) is 0 Å². The van der Waals surface area contributed by atoms with Crippen molar-refractivity contribution in [2.75, 3.05) is 6.54 Å². The Balaban J connectivity index is 2.60. The van der Waals surface area contributed by atoms with E-state index < -0.39 is 11.7 Å². The molecular formula is C14H18F3NO. The number of halogens is 3. The quantitative estimate of drug-likeness (QED) is 0.865. The van der Waals surface area contributed by atoms with E-state index in [-0.39, 0.29) is 18.1 Å². The van der Waals surface area contributed by atoms with E-state index in [1.165, 1.54) is 12.1 Å². The van der Waals surface area contributed by atoms with Crippen molar-refractivity contribution in [2.24, 2.45) is 11.7 Å². The standard InChI is InChI=1S/C14H18F3NO/c1-10(3-2-8-18)13(19)9-11-4-6-12(7-5-11)14(15,16)17/h4-7,10H,2-3,8-9,18H2,1H3. The number of benzene rings is 1. The van der Waals surface area contributed by atoms with Gasteiger partial charge in [-0.1, -0.05) is 19.1 Å². The molecule has 5 heteroatoms. The molecular weight excluding hydrogens is 255 g/mol. The lowest BCUT2D eigenvalue weighted by molar-refractivity contribution is -0.137. The van der Waals surface area contributed by atoms with Crippen LogP contribution in [0.5, 0.6) is 0 Å². The highest BCUT2D eigenvalue weighted by atomic mass is 19.4. The van der Waals surface area contributed by atoms with Crippen LogP contribution in [-0.2, 0) is 17.4 Å². The average molecular weight is 273 g/mol. The minimum absolute atomic E-state index is 0.0354. The molecule has 0 aliphatic heterocycles. The molecule has 0 aliphatic rings. The van der Waals surface area contributed by atoms with Gasteiger partial charge in [-0.3, -0.25) is 4.79 Å². The highest BCUT2D eigenvalue weighted by Gasteiger charge is 2.30. The van der Waals surface area contributed by atoms with E-state index in [1.54, 1.807) is 0 Å². The Hall–Kier alpha value is -1.36. The van der Waals surface area contributed by atoms with Crippen LogP contribution in [0.15, 0.2) is 24.3 Å². The van der Waals surface area contributed by atoms with Gasteiger partial charge in [-0.05, 0) is 37.1 Å². The third-order valence-electron chi connectivity index (χ3n) is 3.05. The summed E-state index contributed by atoms with van der Waals surface area (Å²) in [6.45, 7) is 2.36. The number of hydrogen-bond acceptors (Lipinski definition) is 2. The van der Waals surface area contributed by atoms with E-state index in [4.69, 9.17) is 5.73 Å². The summed E-state index contributed by atoms with van der Waals surface area (Å²) in [7, 11) is 0. The molecule has 0 aromatic heterocycles. The van der Waals surface area contributed by atoms with Gasteiger partial charge in [0.15, 0.2) is 0 Å². The van der Waals surface area contributed by atoms with Gasteiger partial charge >= 0.3 is 6.18 Å². The van der Waals surface area contributed by atoms with Crippen LogP contribution in [0.1, 0.15) is 30.9 Å². The molecule has 1 unspecified atom stereocenters. The second-order valence-electron chi connectivity index (χ2n) is 4.67. The van der Waals surface area contributed by atoms with E-state index in [0.717, 1.165) is 25.0 Å². The molecule has 0 spiro atoms. The van der Waals surface area contributed by atoms with E-state index in [1.807, 2.05) is 6.92 Å². The van der Waals surface area contributed by atoms with Gasteiger partial charge in [0.2, 0.25) is 0 Å². The number of ketones is 1. The predicted octanol–water partition coefficient (Wildman–Crippen LogP) is 3.19. The molecule has 0 amide bonds. The van der Waals surface area contributed by atoms with Gasteiger partial charge < -0.3 is 5.73 Å². The van der Waals surface area contributed by atoms with Gasteiger partial charge in [0.05, 0.1) is 5.56 Å². The molecule has 2 N–H and O–H groups in total. The fourth-order valence-electron chi connectivity index (χ4n) is 1.77. The summed E-state index contributed by atoms with van der Waals surface area (Å²) < 4.78 is 37.1. The van der Waals surface area contributed by atoms with Crippen LogP contribution >= 0.6 is 0 Å². The zero-order chi connectivity index (χ0) is 14.5. The molecule has 1 aromatic rings. The van der Waals surface area contributed by atoms with Crippen molar-refractivity contribution in [1.82, 2.24) is 0 Å². The summed E-state index contributed by atoms with van der Waals surface area (Å²) in [5, 5.41) is 0. The Bertz CT molecular complexity index is 412. The SMILES string of the molecule is CC(CCCN)C(=O)Cc1ccc(C(F)(F)F)cc1. The molecule has 1 atom stereocenters. The molecule has 0 bridgehead atoms. The Kier molecular flexibility index (Phi) is 5.54. The molecule has 0 fully saturated rings. The van der Waals surface area contributed by atoms with E-state index >= 15 is 0 Å². The van der Waals surface area contributed by atoms with Gasteiger partial charge in [0.25, 0.3) is 0 Å². The fraction of sp³-hybridized carbons (Fsp3) is 0.500. The van der Waals surface area contributed by atoms with Crippen LogP contribution in [-0.4, -0.2) is 12.3 Å². The second kappa shape index (κ2) is 6.70. The van der Waals surface area contributed by atoms with Crippen molar-refractivity contribution in [1.29, 1.82) is 0 Å². The van der Waals surface area contributed by atoms with Crippen LogP contribution in [0, 0.1) is 5.92 Å². The Morgan fingerprint density at radius 1 is 1.26 bits per heavy atom. The Morgan fingerprint density at radius 2 is 1.84 bits per heavy atom. The number of carbonyl (C=O) groups excluding carboxylic acids is 1. The number of carbonyl (C=O) groups is 1. The molecule has 0 heterocycles. The first-order valence-corrected chi connectivity index (χ1v) is 6.23. The van der Waals surface area contributed by atoms with Crippen LogP contribution in [0.4, 0.5) is 13.2 Å². The maximum Gasteiger partial charge on any atom is 0.416 e. The first kappa shape index (κ1) is 15.7. The monoisotopic (exact) mass is 273 g/mol. The van der Waals surface area contributed by atoms with Crippen LogP contribution in [0.3, 0.4) is 0 Å². The summed E-state index contributed by atoms with van der Waals surface area (Å²) in [5.41, 5.74) is 5.28. The number of alkyl halides is 3. The zero-order valence-corrected chi connectivity index (χ0v) is 10.8. The summed E-state index contributed by atoms with van der Waals surface area (Å²) in [4.78, 5) is 11.8. The molecule has 0 radical (unpaired) electrons. The van der Waals surface area contributed by atoms with Gasteiger partial charge in [-0.2, -0.15) is 13.2 Å². The molecule has 0 aliphatic carbocycles. The first-order chi connectivity index (χ1) is 8.84. The van der Waals surface area contributed by atoms with Gasteiger partial charge in [-0.25, -0.2) is 0 Å². The van der Waals surface area contributed by atoms with E-state index in [9.17, 15) is 18.0 Å². The molecule has 0 saturated carbocycles.